The molecule has 24 heavy (non-hydrogen) atoms. The summed E-state index contributed by atoms with van der Waals surface area (Å²) >= 11 is 0. The second kappa shape index (κ2) is 7.64. The number of benzene rings is 2. The average Bonchev–Trinajstić information content (AvgIpc) is 2.55. The molecule has 5 nitrogen and oxygen atoms in total. The fourth-order valence-corrected chi connectivity index (χ4v) is 2.25. The molecule has 0 bridgehead atoms. The van der Waals surface area contributed by atoms with Crippen LogP contribution >= 0.6 is 0 Å². The van der Waals surface area contributed by atoms with E-state index in [1.807, 2.05) is 39.0 Å². The van der Waals surface area contributed by atoms with Gasteiger partial charge < -0.3 is 15.8 Å². The van der Waals surface area contributed by atoms with E-state index >= 15 is 0 Å². The molecule has 5 heteroatoms. The number of hydrogen-bond acceptors (Lipinski definition) is 3. The van der Waals surface area contributed by atoms with Gasteiger partial charge in [-0.15, -0.1) is 0 Å². The van der Waals surface area contributed by atoms with Crippen LogP contribution in [-0.4, -0.2) is 17.9 Å². The zero-order chi connectivity index (χ0) is 17.7. The molecule has 0 aliphatic rings. The van der Waals surface area contributed by atoms with Crippen molar-refractivity contribution in [2.75, 3.05) is 5.32 Å². The predicted octanol–water partition coefficient (Wildman–Crippen LogP) is 3.20. The Morgan fingerprint density at radius 1 is 1.12 bits per heavy atom. The van der Waals surface area contributed by atoms with Crippen molar-refractivity contribution in [3.8, 4) is 5.75 Å². The summed E-state index contributed by atoms with van der Waals surface area (Å²) in [6.07, 6.45) is -0.0989. The Balaban J connectivity index is 2.09. The summed E-state index contributed by atoms with van der Waals surface area (Å²) in [5.41, 5.74) is 8.39. The maximum Gasteiger partial charge on any atom is 0.265 e. The van der Waals surface area contributed by atoms with Crippen molar-refractivity contribution in [1.29, 1.82) is 0 Å². The Morgan fingerprint density at radius 2 is 1.88 bits per heavy atom. The van der Waals surface area contributed by atoms with Crippen molar-refractivity contribution in [2.24, 2.45) is 5.73 Å². The molecular weight excluding hydrogens is 304 g/mol. The number of carbonyl (C=O) groups excluding carboxylic acids is 2. The van der Waals surface area contributed by atoms with Crippen molar-refractivity contribution in [3.63, 3.8) is 0 Å². The molecule has 0 aliphatic carbocycles. The number of ether oxygens (including phenoxy) is 1. The van der Waals surface area contributed by atoms with Crippen molar-refractivity contribution >= 4 is 17.5 Å². The number of amides is 2. The van der Waals surface area contributed by atoms with Gasteiger partial charge in [-0.1, -0.05) is 19.1 Å². The van der Waals surface area contributed by atoms with Crippen LogP contribution < -0.4 is 15.8 Å². The average molecular weight is 326 g/mol. The monoisotopic (exact) mass is 326 g/mol. The standard InChI is InChI=1S/C19H22N2O3/c1-4-17(24-16-9-8-12(2)13(3)10-16)19(23)21-15-7-5-6-14(11-15)18(20)22/h5-11,17H,4H2,1-3H3,(H2,20,22)(H,21,23). The molecule has 0 radical (unpaired) electrons. The van der Waals surface area contributed by atoms with E-state index in [2.05, 4.69) is 5.32 Å². The summed E-state index contributed by atoms with van der Waals surface area (Å²) in [4.78, 5) is 23.6. The number of carbonyl (C=O) groups is 2. The van der Waals surface area contributed by atoms with Gasteiger partial charge in [0.2, 0.25) is 5.91 Å². The number of aryl methyl sites for hydroxylation is 2. The lowest BCUT2D eigenvalue weighted by Gasteiger charge is -2.18. The van der Waals surface area contributed by atoms with Crippen LogP contribution in [0.4, 0.5) is 5.69 Å². The first-order valence-electron chi connectivity index (χ1n) is 7.85. The number of rotatable bonds is 6. The van der Waals surface area contributed by atoms with Crippen LogP contribution in [0.2, 0.25) is 0 Å². The van der Waals surface area contributed by atoms with Crippen LogP contribution in [0.1, 0.15) is 34.8 Å². The molecule has 0 aromatic heterocycles. The third-order valence-electron chi connectivity index (χ3n) is 3.83. The van der Waals surface area contributed by atoms with E-state index in [0.717, 1.165) is 5.56 Å². The van der Waals surface area contributed by atoms with E-state index in [-0.39, 0.29) is 5.91 Å². The van der Waals surface area contributed by atoms with Gasteiger partial charge >= 0.3 is 0 Å². The zero-order valence-corrected chi connectivity index (χ0v) is 14.1. The minimum absolute atomic E-state index is 0.266. The Bertz CT molecular complexity index is 756. The minimum atomic E-state index is -0.621. The zero-order valence-electron chi connectivity index (χ0n) is 14.1. The van der Waals surface area contributed by atoms with E-state index in [1.54, 1.807) is 24.3 Å². The van der Waals surface area contributed by atoms with Gasteiger partial charge in [0.05, 0.1) is 0 Å². The normalized spacial score (nSPS) is 11.6. The van der Waals surface area contributed by atoms with Crippen LogP contribution in [0.5, 0.6) is 5.75 Å². The van der Waals surface area contributed by atoms with Crippen molar-refractivity contribution in [3.05, 3.63) is 59.2 Å². The highest BCUT2D eigenvalue weighted by Gasteiger charge is 2.19. The number of nitrogens with one attached hydrogen (secondary N) is 1. The number of nitrogens with two attached hydrogens (primary N) is 1. The summed E-state index contributed by atoms with van der Waals surface area (Å²) < 4.78 is 5.81. The van der Waals surface area contributed by atoms with Crippen LogP contribution in [0.3, 0.4) is 0 Å². The summed E-state index contributed by atoms with van der Waals surface area (Å²) in [5.74, 6) is -0.146. The summed E-state index contributed by atoms with van der Waals surface area (Å²) in [5, 5.41) is 2.76. The van der Waals surface area contributed by atoms with E-state index in [4.69, 9.17) is 10.5 Å². The second-order valence-corrected chi connectivity index (χ2v) is 5.70. The quantitative estimate of drug-likeness (QED) is 0.855. The third kappa shape index (κ3) is 4.35. The molecule has 3 N–H and O–H groups in total. The van der Waals surface area contributed by atoms with Gasteiger partial charge in [-0.2, -0.15) is 0 Å². The summed E-state index contributed by atoms with van der Waals surface area (Å²) in [6.45, 7) is 5.90. The molecule has 1 unspecified atom stereocenters. The number of anilines is 1. The SMILES string of the molecule is CCC(Oc1ccc(C)c(C)c1)C(=O)Nc1cccc(C(N)=O)c1. The van der Waals surface area contributed by atoms with Crippen LogP contribution in [0.15, 0.2) is 42.5 Å². The van der Waals surface area contributed by atoms with Crippen molar-refractivity contribution in [1.82, 2.24) is 0 Å². The molecule has 2 amide bonds. The molecule has 0 heterocycles. The highest BCUT2D eigenvalue weighted by atomic mass is 16.5. The Labute approximate surface area is 141 Å². The smallest absolute Gasteiger partial charge is 0.265 e. The highest BCUT2D eigenvalue weighted by molar-refractivity contribution is 5.97. The third-order valence-corrected chi connectivity index (χ3v) is 3.83. The van der Waals surface area contributed by atoms with Gasteiger partial charge in [0.25, 0.3) is 5.91 Å². The first kappa shape index (κ1) is 17.5. The fraction of sp³-hybridized carbons (Fsp3) is 0.263. The molecule has 0 aliphatic heterocycles. The Kier molecular flexibility index (Phi) is 5.58. The predicted molar refractivity (Wildman–Crippen MR) is 94.2 cm³/mol. The first-order valence-corrected chi connectivity index (χ1v) is 7.85. The van der Waals surface area contributed by atoms with Crippen molar-refractivity contribution in [2.45, 2.75) is 33.3 Å². The van der Waals surface area contributed by atoms with E-state index < -0.39 is 12.0 Å². The summed E-state index contributed by atoms with van der Waals surface area (Å²) in [6, 6.07) is 12.2. The molecule has 126 valence electrons. The van der Waals surface area contributed by atoms with Gasteiger partial charge in [-0.05, 0) is 61.7 Å². The molecule has 0 fully saturated rings. The van der Waals surface area contributed by atoms with Crippen LogP contribution in [-0.2, 0) is 4.79 Å². The van der Waals surface area contributed by atoms with Gasteiger partial charge in [0.1, 0.15) is 5.75 Å². The van der Waals surface area contributed by atoms with E-state index in [1.165, 1.54) is 5.56 Å². The van der Waals surface area contributed by atoms with Gasteiger partial charge in [-0.3, -0.25) is 9.59 Å². The Morgan fingerprint density at radius 3 is 2.50 bits per heavy atom. The molecule has 0 saturated carbocycles. The fourth-order valence-electron chi connectivity index (χ4n) is 2.25. The van der Waals surface area contributed by atoms with Gasteiger partial charge in [0.15, 0.2) is 6.10 Å². The lowest BCUT2D eigenvalue weighted by molar-refractivity contribution is -0.122. The largest absolute Gasteiger partial charge is 0.481 e. The molecule has 2 aromatic rings. The molecule has 0 saturated heterocycles. The van der Waals surface area contributed by atoms with Crippen molar-refractivity contribution < 1.29 is 14.3 Å². The molecule has 1 atom stereocenters. The lowest BCUT2D eigenvalue weighted by atomic mass is 10.1. The summed E-state index contributed by atoms with van der Waals surface area (Å²) in [7, 11) is 0. The minimum Gasteiger partial charge on any atom is -0.481 e. The first-order chi connectivity index (χ1) is 11.4. The molecular formula is C19H22N2O3. The molecule has 0 spiro atoms. The van der Waals surface area contributed by atoms with Crippen LogP contribution in [0.25, 0.3) is 0 Å². The van der Waals surface area contributed by atoms with Gasteiger partial charge in [-0.25, -0.2) is 0 Å². The van der Waals surface area contributed by atoms with Gasteiger partial charge in [0, 0.05) is 11.3 Å². The number of primary amides is 1. The molecule has 2 rings (SSSR count). The number of hydrogen-bond donors (Lipinski definition) is 2. The highest BCUT2D eigenvalue weighted by Crippen LogP contribution is 2.19. The second-order valence-electron chi connectivity index (χ2n) is 5.70. The maximum absolute atomic E-state index is 12.4. The van der Waals surface area contributed by atoms with E-state index in [9.17, 15) is 9.59 Å². The maximum atomic E-state index is 12.4. The van der Waals surface area contributed by atoms with Crippen LogP contribution in [0, 0.1) is 13.8 Å². The lowest BCUT2D eigenvalue weighted by Crippen LogP contribution is -2.32. The topological polar surface area (TPSA) is 81.4 Å². The Hall–Kier alpha value is -2.82. The molecule has 2 aromatic carbocycles. The van der Waals surface area contributed by atoms with E-state index in [0.29, 0.717) is 23.4 Å².